The van der Waals surface area contributed by atoms with Gasteiger partial charge in [0.1, 0.15) is 0 Å². The third kappa shape index (κ3) is 8.12. The summed E-state index contributed by atoms with van der Waals surface area (Å²) in [6, 6.07) is 0. The Bertz CT molecular complexity index is 403. The zero-order valence-electron chi connectivity index (χ0n) is 7.49. The second-order valence-electron chi connectivity index (χ2n) is 2.17. The molecule has 0 aromatic carbocycles. The van der Waals surface area contributed by atoms with Crippen LogP contribution in [0.25, 0.3) is 0 Å². The third-order valence-electron chi connectivity index (χ3n) is 0.660. The molecule has 11 nitrogen and oxygen atoms in total. The van der Waals surface area contributed by atoms with Crippen LogP contribution in [0, 0.1) is 0 Å². The zero-order valence-corrected chi connectivity index (χ0v) is 10.2. The number of hydrogen-bond donors (Lipinski definition) is 4. The maximum atomic E-state index is 10.8. The first kappa shape index (κ1) is 15.9. The molecule has 96 valence electrons. The highest BCUT2D eigenvalue weighted by atomic mass is 31.3. The van der Waals surface area contributed by atoms with Crippen molar-refractivity contribution in [2.45, 2.75) is 6.92 Å². The van der Waals surface area contributed by atoms with Crippen molar-refractivity contribution in [3.05, 3.63) is 0 Å². The number of carbonyl (C=O) groups is 1. The van der Waals surface area contributed by atoms with Gasteiger partial charge in [0.25, 0.3) is 0 Å². The van der Waals surface area contributed by atoms with Gasteiger partial charge in [-0.25, -0.2) is 13.7 Å². The molecule has 0 aliphatic carbocycles. The minimum absolute atomic E-state index is 0.693. The van der Waals surface area contributed by atoms with Crippen molar-refractivity contribution in [3.8, 4) is 0 Å². The molecule has 0 heterocycles. The van der Waals surface area contributed by atoms with Gasteiger partial charge in [-0.2, -0.15) is 8.62 Å². The van der Waals surface area contributed by atoms with Gasteiger partial charge in [-0.3, -0.25) is 9.69 Å². The van der Waals surface area contributed by atoms with Crippen LogP contribution in [0.15, 0.2) is 0 Å². The van der Waals surface area contributed by atoms with Gasteiger partial charge >= 0.3 is 29.4 Å². The first-order valence-corrected chi connectivity index (χ1v) is 7.69. The summed E-state index contributed by atoms with van der Waals surface area (Å²) < 4.78 is 41.7. The molecule has 0 bridgehead atoms. The maximum absolute atomic E-state index is 10.8. The Kier molecular flexibility index (Phi) is 5.03. The molecule has 0 aliphatic heterocycles. The first-order chi connectivity index (χ1) is 6.83. The average molecular weight is 300 g/mol. The molecule has 0 aromatic rings. The van der Waals surface area contributed by atoms with Crippen molar-refractivity contribution in [3.63, 3.8) is 0 Å². The number of hydrogen-bond acceptors (Lipinski definition) is 7. The molecule has 0 spiro atoms. The predicted octanol–water partition coefficient (Wildman–Crippen LogP) is -0.124. The SMILES string of the molecule is CC(=O)OP(=O)(O)OP(=O)(O)OP(=O)(O)O. The molecule has 0 saturated carbocycles. The molecule has 0 saturated heterocycles. The number of phosphoric ester groups is 1. The molecule has 4 N–H and O–H groups in total. The minimum Gasteiger partial charge on any atom is -0.371 e. The van der Waals surface area contributed by atoms with Crippen molar-refractivity contribution in [1.29, 1.82) is 0 Å². The van der Waals surface area contributed by atoms with E-state index in [9.17, 15) is 18.5 Å². The molecule has 2 atom stereocenters. The summed E-state index contributed by atoms with van der Waals surface area (Å²) in [6.07, 6.45) is 0. The van der Waals surface area contributed by atoms with Gasteiger partial charge in [-0.1, -0.05) is 0 Å². The van der Waals surface area contributed by atoms with Crippen molar-refractivity contribution in [2.75, 3.05) is 0 Å². The molecule has 14 heteroatoms. The van der Waals surface area contributed by atoms with Gasteiger partial charge in [0.15, 0.2) is 0 Å². The van der Waals surface area contributed by atoms with E-state index in [1.165, 1.54) is 0 Å². The summed E-state index contributed by atoms with van der Waals surface area (Å²) in [5, 5.41) is 0. The lowest BCUT2D eigenvalue weighted by Gasteiger charge is -2.14. The molecule has 0 aliphatic rings. The number of rotatable bonds is 5. The monoisotopic (exact) mass is 300 g/mol. The van der Waals surface area contributed by atoms with Crippen molar-refractivity contribution >= 4 is 29.4 Å². The average Bonchev–Trinajstić information content (AvgIpc) is 1.69. The molecule has 0 radical (unpaired) electrons. The van der Waals surface area contributed by atoms with Crippen LogP contribution in [0.5, 0.6) is 0 Å². The van der Waals surface area contributed by atoms with Crippen molar-refractivity contribution in [2.24, 2.45) is 0 Å². The second-order valence-corrected chi connectivity index (χ2v) is 6.52. The van der Waals surface area contributed by atoms with E-state index < -0.39 is 29.4 Å². The normalized spacial score (nSPS) is 19.6. The van der Waals surface area contributed by atoms with Crippen LogP contribution in [-0.2, 0) is 31.6 Å². The van der Waals surface area contributed by atoms with Crippen LogP contribution in [0.4, 0.5) is 0 Å². The van der Waals surface area contributed by atoms with Gasteiger partial charge < -0.3 is 19.2 Å². The van der Waals surface area contributed by atoms with Gasteiger partial charge in [-0.15, -0.1) is 0 Å². The van der Waals surface area contributed by atoms with Gasteiger partial charge in [0.2, 0.25) is 0 Å². The Morgan fingerprint density at radius 1 is 0.938 bits per heavy atom. The largest absolute Gasteiger partial charge is 0.538 e. The Morgan fingerprint density at radius 3 is 1.69 bits per heavy atom. The lowest BCUT2D eigenvalue weighted by Crippen LogP contribution is -2.00. The van der Waals surface area contributed by atoms with E-state index >= 15 is 0 Å². The smallest absolute Gasteiger partial charge is 0.371 e. The lowest BCUT2D eigenvalue weighted by molar-refractivity contribution is -0.133. The predicted molar refractivity (Wildman–Crippen MR) is 45.6 cm³/mol. The molecular formula is C2H7O11P3. The minimum atomic E-state index is -5.55. The van der Waals surface area contributed by atoms with Crippen molar-refractivity contribution in [1.82, 2.24) is 0 Å². The van der Waals surface area contributed by atoms with E-state index in [0.717, 1.165) is 0 Å². The van der Waals surface area contributed by atoms with Crippen LogP contribution < -0.4 is 0 Å². The van der Waals surface area contributed by atoms with Crippen LogP contribution >= 0.6 is 23.5 Å². The second kappa shape index (κ2) is 5.05. The van der Waals surface area contributed by atoms with E-state index in [1.54, 1.807) is 0 Å². The zero-order chi connectivity index (χ0) is 13.2. The van der Waals surface area contributed by atoms with Gasteiger partial charge in [-0.05, 0) is 0 Å². The summed E-state index contributed by atoms with van der Waals surface area (Å²) in [5.74, 6) is -1.32. The fraction of sp³-hybridized carbons (Fsp3) is 0.500. The van der Waals surface area contributed by atoms with E-state index in [4.69, 9.17) is 19.6 Å². The fourth-order valence-corrected chi connectivity index (χ4v) is 3.42. The topological polar surface area (TPSA) is 177 Å². The summed E-state index contributed by atoms with van der Waals surface area (Å²) in [5.41, 5.74) is 0. The van der Waals surface area contributed by atoms with Crippen LogP contribution in [0.2, 0.25) is 0 Å². The lowest BCUT2D eigenvalue weighted by atomic mass is 10.9. The Hall–Kier alpha value is -0.0800. The van der Waals surface area contributed by atoms with Crippen LogP contribution in [0.1, 0.15) is 6.92 Å². The Balaban J connectivity index is 4.71. The summed E-state index contributed by atoms with van der Waals surface area (Å²) in [7, 11) is -16.3. The quantitative estimate of drug-likeness (QED) is 0.497. The van der Waals surface area contributed by atoms with Crippen molar-refractivity contribution < 1.29 is 51.2 Å². The molecule has 0 aromatic heterocycles. The van der Waals surface area contributed by atoms with E-state index in [-0.39, 0.29) is 0 Å². The summed E-state index contributed by atoms with van der Waals surface area (Å²) in [6.45, 7) is 0.693. The molecule has 2 unspecified atom stereocenters. The highest BCUT2D eigenvalue weighted by molar-refractivity contribution is 7.66. The van der Waals surface area contributed by atoms with Crippen LogP contribution in [0.3, 0.4) is 0 Å². The third-order valence-corrected chi connectivity index (χ3v) is 4.47. The summed E-state index contributed by atoms with van der Waals surface area (Å²) in [4.78, 5) is 43.7. The fourth-order valence-electron chi connectivity index (χ4n) is 0.459. The molecule has 0 amide bonds. The number of carbonyl (C=O) groups excluding carboxylic acids is 1. The highest BCUT2D eigenvalue weighted by Gasteiger charge is 2.41. The maximum Gasteiger partial charge on any atom is 0.538 e. The standard InChI is InChI=1S/C2H7O11P3/c1-2(3)11-15(7,8)13-16(9,10)12-14(4,5)6/h1H3,(H,7,8)(H,9,10)(H2,4,5,6). The first-order valence-electron chi connectivity index (χ1n) is 3.17. The van der Waals surface area contributed by atoms with Crippen LogP contribution in [-0.4, -0.2) is 25.5 Å². The summed E-state index contributed by atoms with van der Waals surface area (Å²) >= 11 is 0. The molecule has 0 fully saturated rings. The Morgan fingerprint density at radius 2 is 1.38 bits per heavy atom. The molecular weight excluding hydrogens is 293 g/mol. The molecule has 16 heavy (non-hydrogen) atoms. The van der Waals surface area contributed by atoms with Gasteiger partial charge in [0.05, 0.1) is 0 Å². The Labute approximate surface area is 88.4 Å². The van der Waals surface area contributed by atoms with E-state index in [2.05, 4.69) is 13.1 Å². The van der Waals surface area contributed by atoms with E-state index in [1.807, 2.05) is 0 Å². The number of phosphoric acid groups is 3. The molecule has 0 rings (SSSR count). The van der Waals surface area contributed by atoms with E-state index in [0.29, 0.717) is 6.92 Å². The van der Waals surface area contributed by atoms with Gasteiger partial charge in [0, 0.05) is 6.92 Å². The highest BCUT2D eigenvalue weighted by Crippen LogP contribution is 2.66.